The van der Waals surface area contributed by atoms with Gasteiger partial charge in [-0.25, -0.2) is 0 Å². The first-order chi connectivity index (χ1) is 14.0. The minimum atomic E-state index is 0.196. The normalized spacial score (nSPS) is 40.7. The van der Waals surface area contributed by atoms with E-state index in [4.69, 9.17) is 18.0 Å². The number of benzene rings is 1. The van der Waals surface area contributed by atoms with Crippen molar-refractivity contribution in [1.29, 1.82) is 0 Å². The molecule has 156 valence electrons. The Morgan fingerprint density at radius 1 is 1.07 bits per heavy atom. The molecule has 5 aliphatic rings. The summed E-state index contributed by atoms with van der Waals surface area (Å²) in [5, 5.41) is 3.87. The molecule has 0 heterocycles. The molecule has 0 amide bonds. The van der Waals surface area contributed by atoms with Gasteiger partial charge in [-0.3, -0.25) is 0 Å². The summed E-state index contributed by atoms with van der Waals surface area (Å²) in [4.78, 5) is 1.18. The zero-order valence-corrected chi connectivity index (χ0v) is 18.6. The monoisotopic (exact) mass is 408 g/mol. The van der Waals surface area contributed by atoms with Crippen LogP contribution in [0.3, 0.4) is 0 Å². The molecule has 5 fully saturated rings. The highest BCUT2D eigenvalue weighted by atomic mass is 32.1. The third-order valence-corrected chi connectivity index (χ3v) is 9.13. The lowest BCUT2D eigenvalue weighted by Crippen LogP contribution is -2.60. The molecular formula is C26H36N2S. The second-order valence-electron chi connectivity index (χ2n) is 10.5. The summed E-state index contributed by atoms with van der Waals surface area (Å²) in [6.45, 7) is 2.29. The van der Waals surface area contributed by atoms with Gasteiger partial charge in [-0.2, -0.15) is 0 Å². The molecule has 6 rings (SSSR count). The van der Waals surface area contributed by atoms with Crippen LogP contribution in [0.2, 0.25) is 0 Å². The van der Waals surface area contributed by atoms with E-state index < -0.39 is 0 Å². The van der Waals surface area contributed by atoms with Crippen molar-refractivity contribution in [3.63, 3.8) is 0 Å². The molecule has 3 heteroatoms. The SMILES string of the molecule is CCC=C1C2CC3(C(=S)N[C@H]4CC[C@H](N)CC4)CC1CC(c1ccccc1)(C2)C3. The van der Waals surface area contributed by atoms with Gasteiger partial charge >= 0.3 is 0 Å². The van der Waals surface area contributed by atoms with Crippen LogP contribution in [-0.4, -0.2) is 17.1 Å². The van der Waals surface area contributed by atoms with Crippen molar-refractivity contribution in [3.05, 3.63) is 47.5 Å². The van der Waals surface area contributed by atoms with Crippen LogP contribution in [0.4, 0.5) is 0 Å². The van der Waals surface area contributed by atoms with E-state index in [9.17, 15) is 0 Å². The van der Waals surface area contributed by atoms with E-state index in [0.29, 0.717) is 17.5 Å². The Labute approximate surface area is 181 Å². The van der Waals surface area contributed by atoms with Crippen LogP contribution in [0.5, 0.6) is 0 Å². The van der Waals surface area contributed by atoms with Gasteiger partial charge in [0.1, 0.15) is 0 Å². The third-order valence-electron chi connectivity index (χ3n) is 8.58. The van der Waals surface area contributed by atoms with Crippen LogP contribution in [-0.2, 0) is 5.41 Å². The van der Waals surface area contributed by atoms with Gasteiger partial charge < -0.3 is 11.1 Å². The third kappa shape index (κ3) is 3.39. The fourth-order valence-corrected chi connectivity index (χ4v) is 7.91. The molecule has 0 radical (unpaired) electrons. The Bertz CT molecular complexity index is 772. The van der Waals surface area contributed by atoms with E-state index in [1.165, 1.54) is 56.4 Å². The van der Waals surface area contributed by atoms with E-state index >= 15 is 0 Å². The lowest BCUT2D eigenvalue weighted by molar-refractivity contribution is 0.00540. The summed E-state index contributed by atoms with van der Waals surface area (Å²) in [6, 6.07) is 12.3. The average Bonchev–Trinajstić information content (AvgIpc) is 2.72. The van der Waals surface area contributed by atoms with Crippen LogP contribution in [0.15, 0.2) is 42.0 Å². The molecule has 5 aliphatic carbocycles. The van der Waals surface area contributed by atoms with Gasteiger partial charge in [0.25, 0.3) is 0 Å². The molecule has 3 N–H and O–H groups in total. The molecular weight excluding hydrogens is 372 g/mol. The average molecular weight is 409 g/mol. The van der Waals surface area contributed by atoms with Crippen molar-refractivity contribution in [2.75, 3.05) is 0 Å². The Hall–Kier alpha value is -1.19. The molecule has 5 saturated carbocycles. The molecule has 2 atom stereocenters. The number of nitrogens with one attached hydrogen (secondary N) is 1. The molecule has 0 aromatic heterocycles. The zero-order valence-electron chi connectivity index (χ0n) is 17.8. The summed E-state index contributed by atoms with van der Waals surface area (Å²) in [7, 11) is 0. The standard InChI is InChI=1S/C26H36N2S/c1-2-6-23-18-13-25(20-7-4-3-5-8-20)14-19(23)16-26(15-18,17-25)24(29)28-22-11-9-21(27)10-12-22/h3-8,18-19,21-22H,2,9-17,27H2,1H3,(H,28,29)/t18?,19?,21-,22-,25?,26?. The van der Waals surface area contributed by atoms with Gasteiger partial charge in [0, 0.05) is 17.5 Å². The van der Waals surface area contributed by atoms with Gasteiger partial charge in [0.05, 0.1) is 4.99 Å². The highest BCUT2D eigenvalue weighted by Crippen LogP contribution is 2.67. The van der Waals surface area contributed by atoms with Gasteiger partial charge in [0.15, 0.2) is 0 Å². The maximum atomic E-state index is 6.20. The molecule has 29 heavy (non-hydrogen) atoms. The second-order valence-corrected chi connectivity index (χ2v) is 10.9. The predicted molar refractivity (Wildman–Crippen MR) is 125 cm³/mol. The molecule has 0 aliphatic heterocycles. The lowest BCUT2D eigenvalue weighted by Gasteiger charge is -2.63. The number of hydrogen-bond acceptors (Lipinski definition) is 2. The maximum absolute atomic E-state index is 6.20. The van der Waals surface area contributed by atoms with E-state index in [1.54, 1.807) is 11.1 Å². The molecule has 0 spiro atoms. The molecule has 4 bridgehead atoms. The number of nitrogens with two attached hydrogens (primary N) is 1. The highest BCUT2D eigenvalue weighted by molar-refractivity contribution is 7.80. The summed E-state index contributed by atoms with van der Waals surface area (Å²) < 4.78 is 0. The van der Waals surface area contributed by atoms with Crippen LogP contribution in [0.25, 0.3) is 0 Å². The topological polar surface area (TPSA) is 38.0 Å². The molecule has 1 aromatic rings. The first kappa shape index (κ1) is 19.8. The van der Waals surface area contributed by atoms with E-state index in [0.717, 1.165) is 24.7 Å². The number of rotatable bonds is 4. The van der Waals surface area contributed by atoms with Crippen LogP contribution in [0, 0.1) is 17.3 Å². The summed E-state index contributed by atoms with van der Waals surface area (Å²) in [5.41, 5.74) is 9.97. The predicted octanol–water partition coefficient (Wildman–Crippen LogP) is 5.66. The van der Waals surface area contributed by atoms with Crippen LogP contribution in [0.1, 0.15) is 76.7 Å². The Morgan fingerprint density at radius 3 is 2.34 bits per heavy atom. The smallest absolute Gasteiger partial charge is 0.0818 e. The fraction of sp³-hybridized carbons (Fsp3) is 0.654. The second kappa shape index (κ2) is 7.50. The Morgan fingerprint density at radius 2 is 1.72 bits per heavy atom. The van der Waals surface area contributed by atoms with Crippen LogP contribution >= 0.6 is 12.2 Å². The van der Waals surface area contributed by atoms with Gasteiger partial charge in [-0.05, 0) is 87.0 Å². The highest BCUT2D eigenvalue weighted by Gasteiger charge is 2.61. The lowest BCUT2D eigenvalue weighted by atomic mass is 9.41. The molecule has 2 nitrogen and oxygen atoms in total. The number of hydrogen-bond donors (Lipinski definition) is 2. The van der Waals surface area contributed by atoms with Gasteiger partial charge in [0.2, 0.25) is 0 Å². The first-order valence-corrected chi connectivity index (χ1v) is 12.3. The molecule has 0 saturated heterocycles. The van der Waals surface area contributed by atoms with Gasteiger partial charge in [-0.1, -0.05) is 61.1 Å². The molecule has 1 aromatic carbocycles. The summed E-state index contributed by atoms with van der Waals surface area (Å²) in [6.07, 6.45) is 14.8. The van der Waals surface area contributed by atoms with Crippen molar-refractivity contribution in [3.8, 4) is 0 Å². The van der Waals surface area contributed by atoms with Crippen molar-refractivity contribution >= 4 is 17.2 Å². The number of allylic oxidation sites excluding steroid dienone is 2. The van der Waals surface area contributed by atoms with E-state index in [2.05, 4.69) is 48.6 Å². The summed E-state index contributed by atoms with van der Waals surface area (Å²) in [5.74, 6) is 1.44. The number of thiocarbonyl (C=S) groups is 1. The minimum Gasteiger partial charge on any atom is -0.376 e. The van der Waals surface area contributed by atoms with Gasteiger partial charge in [-0.15, -0.1) is 0 Å². The van der Waals surface area contributed by atoms with Crippen LogP contribution < -0.4 is 11.1 Å². The van der Waals surface area contributed by atoms with E-state index in [-0.39, 0.29) is 5.41 Å². The van der Waals surface area contributed by atoms with Crippen molar-refractivity contribution < 1.29 is 0 Å². The Balaban J connectivity index is 1.44. The quantitative estimate of drug-likeness (QED) is 0.499. The van der Waals surface area contributed by atoms with Crippen molar-refractivity contribution in [1.82, 2.24) is 5.32 Å². The Kier molecular flexibility index (Phi) is 5.11. The maximum Gasteiger partial charge on any atom is 0.0818 e. The fourth-order valence-electron chi connectivity index (χ4n) is 7.51. The van der Waals surface area contributed by atoms with E-state index in [1.807, 2.05) is 0 Å². The largest absolute Gasteiger partial charge is 0.376 e. The minimum absolute atomic E-state index is 0.196. The molecule has 2 unspecified atom stereocenters. The summed E-state index contributed by atoms with van der Waals surface area (Å²) >= 11 is 6.20. The van der Waals surface area contributed by atoms with Crippen molar-refractivity contribution in [2.45, 2.75) is 88.6 Å². The zero-order chi connectivity index (χ0) is 20.1. The van der Waals surface area contributed by atoms with Crippen molar-refractivity contribution in [2.24, 2.45) is 23.0 Å². The first-order valence-electron chi connectivity index (χ1n) is 11.9.